The van der Waals surface area contributed by atoms with Gasteiger partial charge in [-0.2, -0.15) is 0 Å². The van der Waals surface area contributed by atoms with E-state index >= 15 is 0 Å². The van der Waals surface area contributed by atoms with Crippen LogP contribution < -0.4 is 5.32 Å². The van der Waals surface area contributed by atoms with Crippen molar-refractivity contribution < 1.29 is 4.79 Å². The van der Waals surface area contributed by atoms with Gasteiger partial charge in [0.25, 0.3) is 0 Å². The van der Waals surface area contributed by atoms with Gasteiger partial charge in [0.15, 0.2) is 0 Å². The highest BCUT2D eigenvalue weighted by atomic mass is 16.1. The molecule has 3 aromatic rings. The maximum atomic E-state index is 12.2. The molecule has 2 heteroatoms. The molecule has 1 amide bonds. The highest BCUT2D eigenvalue weighted by Crippen LogP contribution is 2.23. The second kappa shape index (κ2) is 8.05. The Labute approximate surface area is 161 Å². The van der Waals surface area contributed by atoms with Gasteiger partial charge in [-0.25, -0.2) is 0 Å². The minimum absolute atomic E-state index is 0.106. The molecule has 0 aliphatic carbocycles. The van der Waals surface area contributed by atoms with Gasteiger partial charge in [-0.15, -0.1) is 0 Å². The average molecular weight is 355 g/mol. The molecule has 0 aromatic heterocycles. The van der Waals surface area contributed by atoms with Crippen molar-refractivity contribution in [3.63, 3.8) is 0 Å². The Balaban J connectivity index is 1.61. The van der Waals surface area contributed by atoms with Crippen molar-refractivity contribution in [2.75, 3.05) is 5.32 Å². The first kappa shape index (κ1) is 18.7. The van der Waals surface area contributed by atoms with Gasteiger partial charge >= 0.3 is 0 Å². The fourth-order valence-corrected chi connectivity index (χ4v) is 2.83. The third kappa shape index (κ3) is 5.18. The number of hydrogen-bond acceptors (Lipinski definition) is 1. The Bertz CT molecular complexity index is 915. The van der Waals surface area contributed by atoms with Gasteiger partial charge in [0.05, 0.1) is 0 Å². The fourth-order valence-electron chi connectivity index (χ4n) is 2.83. The monoisotopic (exact) mass is 355 g/mol. The van der Waals surface area contributed by atoms with Gasteiger partial charge in [0.1, 0.15) is 0 Å². The Morgan fingerprint density at radius 3 is 1.96 bits per heavy atom. The number of hydrogen-bond donors (Lipinski definition) is 1. The molecule has 2 nitrogen and oxygen atoms in total. The number of nitrogens with one attached hydrogen (secondary N) is 1. The third-order valence-electron chi connectivity index (χ3n) is 4.46. The van der Waals surface area contributed by atoms with E-state index in [2.05, 4.69) is 62.5 Å². The van der Waals surface area contributed by atoms with E-state index in [9.17, 15) is 4.79 Å². The molecule has 0 atom stereocenters. The molecule has 0 unspecified atom stereocenters. The lowest BCUT2D eigenvalue weighted by Gasteiger charge is -2.19. The van der Waals surface area contributed by atoms with Crippen LogP contribution in [0, 0.1) is 0 Å². The van der Waals surface area contributed by atoms with Crippen molar-refractivity contribution >= 4 is 17.7 Å². The number of rotatable bonds is 4. The van der Waals surface area contributed by atoms with Gasteiger partial charge in [-0.3, -0.25) is 4.79 Å². The maximum Gasteiger partial charge on any atom is 0.248 e. The molecule has 0 saturated carbocycles. The molecule has 27 heavy (non-hydrogen) atoms. The van der Waals surface area contributed by atoms with E-state index < -0.39 is 0 Å². The number of carbonyl (C=O) groups excluding carboxylic acids is 1. The van der Waals surface area contributed by atoms with Crippen LogP contribution in [0.1, 0.15) is 31.9 Å². The molecule has 0 bridgehead atoms. The first-order valence-electron chi connectivity index (χ1n) is 9.17. The molecule has 0 fully saturated rings. The Morgan fingerprint density at radius 2 is 1.37 bits per heavy atom. The largest absolute Gasteiger partial charge is 0.323 e. The lowest BCUT2D eigenvalue weighted by atomic mass is 9.87. The zero-order valence-corrected chi connectivity index (χ0v) is 16.1. The molecular formula is C25H25NO. The average Bonchev–Trinajstić information content (AvgIpc) is 2.67. The van der Waals surface area contributed by atoms with E-state index in [0.29, 0.717) is 0 Å². The first-order chi connectivity index (χ1) is 12.9. The minimum Gasteiger partial charge on any atom is -0.323 e. The summed E-state index contributed by atoms with van der Waals surface area (Å²) in [5.74, 6) is -0.134. The van der Waals surface area contributed by atoms with Crippen molar-refractivity contribution in [3.8, 4) is 11.1 Å². The molecule has 0 spiro atoms. The van der Waals surface area contributed by atoms with Crippen LogP contribution in [-0.4, -0.2) is 5.91 Å². The Hall–Kier alpha value is -3.13. The summed E-state index contributed by atoms with van der Waals surface area (Å²) in [4.78, 5) is 12.2. The van der Waals surface area contributed by atoms with Gasteiger partial charge < -0.3 is 5.32 Å². The maximum absolute atomic E-state index is 12.2. The smallest absolute Gasteiger partial charge is 0.248 e. The summed E-state index contributed by atoms with van der Waals surface area (Å²) in [6.45, 7) is 6.52. The molecule has 3 aromatic carbocycles. The van der Waals surface area contributed by atoms with Crippen LogP contribution in [-0.2, 0) is 10.2 Å². The molecular weight excluding hydrogens is 330 g/mol. The summed E-state index contributed by atoms with van der Waals surface area (Å²) < 4.78 is 0. The second-order valence-electron chi connectivity index (χ2n) is 7.64. The molecule has 136 valence electrons. The van der Waals surface area contributed by atoms with Crippen LogP contribution in [0.25, 0.3) is 17.2 Å². The zero-order valence-electron chi connectivity index (χ0n) is 16.1. The van der Waals surface area contributed by atoms with Crippen LogP contribution in [0.2, 0.25) is 0 Å². The van der Waals surface area contributed by atoms with E-state index in [1.807, 2.05) is 48.5 Å². The van der Waals surface area contributed by atoms with Crippen molar-refractivity contribution in [1.29, 1.82) is 0 Å². The van der Waals surface area contributed by atoms with E-state index in [0.717, 1.165) is 16.8 Å². The van der Waals surface area contributed by atoms with Crippen molar-refractivity contribution in [2.24, 2.45) is 0 Å². The third-order valence-corrected chi connectivity index (χ3v) is 4.46. The van der Waals surface area contributed by atoms with Crippen molar-refractivity contribution in [2.45, 2.75) is 26.2 Å². The Kier molecular flexibility index (Phi) is 5.56. The summed E-state index contributed by atoms with van der Waals surface area (Å²) in [6, 6.07) is 26.4. The van der Waals surface area contributed by atoms with E-state index in [1.54, 1.807) is 6.08 Å². The summed E-state index contributed by atoms with van der Waals surface area (Å²) in [7, 11) is 0. The Morgan fingerprint density at radius 1 is 0.778 bits per heavy atom. The predicted molar refractivity (Wildman–Crippen MR) is 115 cm³/mol. The van der Waals surface area contributed by atoms with E-state index in [-0.39, 0.29) is 11.3 Å². The van der Waals surface area contributed by atoms with E-state index in [4.69, 9.17) is 0 Å². The van der Waals surface area contributed by atoms with Crippen molar-refractivity contribution in [3.05, 3.63) is 96.1 Å². The standard InChI is InChI=1S/C25H25NO/c1-25(2,3)22-14-16-23(17-15-22)26-24(27)18-11-19-9-12-21(13-10-19)20-7-5-4-6-8-20/h4-18H,1-3H3,(H,26,27). The molecule has 0 saturated heterocycles. The first-order valence-corrected chi connectivity index (χ1v) is 9.17. The van der Waals surface area contributed by atoms with Crippen LogP contribution in [0.15, 0.2) is 84.9 Å². The molecule has 0 aliphatic heterocycles. The molecule has 0 aliphatic rings. The lowest BCUT2D eigenvalue weighted by molar-refractivity contribution is -0.111. The lowest BCUT2D eigenvalue weighted by Crippen LogP contribution is -2.12. The van der Waals surface area contributed by atoms with Crippen molar-refractivity contribution in [1.82, 2.24) is 0 Å². The topological polar surface area (TPSA) is 29.1 Å². The summed E-state index contributed by atoms with van der Waals surface area (Å²) in [6.07, 6.45) is 3.39. The van der Waals surface area contributed by atoms with E-state index in [1.165, 1.54) is 11.1 Å². The normalized spacial score (nSPS) is 11.5. The van der Waals surface area contributed by atoms with Crippen LogP contribution >= 0.6 is 0 Å². The molecule has 0 heterocycles. The summed E-state index contributed by atoms with van der Waals surface area (Å²) >= 11 is 0. The minimum atomic E-state index is -0.134. The highest BCUT2D eigenvalue weighted by molar-refractivity contribution is 6.01. The number of amides is 1. The van der Waals surface area contributed by atoms with Gasteiger partial charge in [-0.05, 0) is 45.9 Å². The quantitative estimate of drug-likeness (QED) is 0.546. The molecule has 1 N–H and O–H groups in total. The number of anilines is 1. The number of carbonyl (C=O) groups is 1. The zero-order chi connectivity index (χ0) is 19.3. The molecule has 3 rings (SSSR count). The predicted octanol–water partition coefficient (Wildman–Crippen LogP) is 6.30. The fraction of sp³-hybridized carbons (Fsp3) is 0.160. The van der Waals surface area contributed by atoms with Gasteiger partial charge in [0.2, 0.25) is 5.91 Å². The van der Waals surface area contributed by atoms with Crippen LogP contribution in [0.4, 0.5) is 5.69 Å². The van der Waals surface area contributed by atoms with Crippen LogP contribution in [0.5, 0.6) is 0 Å². The second-order valence-corrected chi connectivity index (χ2v) is 7.64. The number of benzene rings is 3. The van der Waals surface area contributed by atoms with Crippen LogP contribution in [0.3, 0.4) is 0 Å². The van der Waals surface area contributed by atoms with Gasteiger partial charge in [-0.1, -0.05) is 87.5 Å². The SMILES string of the molecule is CC(C)(C)c1ccc(NC(=O)C=Cc2ccc(-c3ccccc3)cc2)cc1. The summed E-state index contributed by atoms with van der Waals surface area (Å²) in [5, 5.41) is 2.90. The highest BCUT2D eigenvalue weighted by Gasteiger charge is 2.12. The molecule has 0 radical (unpaired) electrons. The summed E-state index contributed by atoms with van der Waals surface area (Å²) in [5.41, 5.74) is 5.49. The van der Waals surface area contributed by atoms with Gasteiger partial charge in [0, 0.05) is 11.8 Å².